The van der Waals surface area contributed by atoms with Gasteiger partial charge in [0.1, 0.15) is 0 Å². The van der Waals surface area contributed by atoms with Crippen LogP contribution in [0.1, 0.15) is 42.2 Å². The van der Waals surface area contributed by atoms with Crippen molar-refractivity contribution in [2.24, 2.45) is 0 Å². The highest BCUT2D eigenvalue weighted by Gasteiger charge is 2.12. The maximum absolute atomic E-state index is 11.0. The number of hydrogen-bond acceptors (Lipinski definition) is 3. The summed E-state index contributed by atoms with van der Waals surface area (Å²) in [6, 6.07) is 1.64. The molecule has 0 atom stereocenters. The van der Waals surface area contributed by atoms with E-state index in [4.69, 9.17) is 5.11 Å². The summed E-state index contributed by atoms with van der Waals surface area (Å²) in [5, 5.41) is 14.1. The van der Waals surface area contributed by atoms with E-state index in [2.05, 4.69) is 17.0 Å². The third kappa shape index (κ3) is 2.34. The molecular weight excluding hydrogens is 230 g/mol. The van der Waals surface area contributed by atoms with Crippen molar-refractivity contribution in [3.05, 3.63) is 23.5 Å². The molecule has 2 rings (SSSR count). The van der Waals surface area contributed by atoms with Gasteiger partial charge in [0.25, 0.3) is 0 Å². The maximum Gasteiger partial charge on any atom is 0.337 e. The number of rotatable bonds is 5. The molecule has 96 valence electrons. The lowest BCUT2D eigenvalue weighted by Gasteiger charge is -2.04. The lowest BCUT2D eigenvalue weighted by molar-refractivity contribution is 0.0696. The topological polar surface area (TPSA) is 68.0 Å². The standard InChI is InChI=1S/C13H17N3O2/c1-3-4-5-6-16-12-10(8-14-16)7-11(13(17)18)9(2)15-12/h7-8H,3-6H2,1-2H3,(H,17,18). The monoisotopic (exact) mass is 247 g/mol. The van der Waals surface area contributed by atoms with E-state index in [0.29, 0.717) is 5.69 Å². The Hall–Kier alpha value is -1.91. The Bertz CT molecular complexity index is 575. The fourth-order valence-electron chi connectivity index (χ4n) is 1.99. The van der Waals surface area contributed by atoms with Crippen LogP contribution in [-0.2, 0) is 6.54 Å². The number of aromatic carboxylic acids is 1. The molecule has 2 aromatic heterocycles. The molecule has 2 aromatic rings. The number of fused-ring (bicyclic) bond motifs is 1. The van der Waals surface area contributed by atoms with Crippen LogP contribution in [0.3, 0.4) is 0 Å². The summed E-state index contributed by atoms with van der Waals surface area (Å²) in [5.41, 5.74) is 1.55. The SMILES string of the molecule is CCCCCn1ncc2cc(C(=O)O)c(C)nc21. The third-order valence-corrected chi connectivity index (χ3v) is 3.01. The molecule has 5 heteroatoms. The number of aromatic nitrogens is 3. The van der Waals surface area contributed by atoms with Gasteiger partial charge in [-0.1, -0.05) is 19.8 Å². The van der Waals surface area contributed by atoms with Gasteiger partial charge in [0.05, 0.1) is 17.5 Å². The Balaban J connectivity index is 2.35. The summed E-state index contributed by atoms with van der Waals surface area (Å²) in [6.07, 6.45) is 5.07. The number of hydrogen-bond donors (Lipinski definition) is 1. The highest BCUT2D eigenvalue weighted by atomic mass is 16.4. The molecule has 0 saturated heterocycles. The Morgan fingerprint density at radius 2 is 2.22 bits per heavy atom. The molecule has 0 aliphatic carbocycles. The molecule has 0 fully saturated rings. The van der Waals surface area contributed by atoms with Crippen LogP contribution in [0.25, 0.3) is 11.0 Å². The average Bonchev–Trinajstić information content (AvgIpc) is 2.71. The highest BCUT2D eigenvalue weighted by molar-refractivity contribution is 5.93. The molecule has 0 aliphatic heterocycles. The summed E-state index contributed by atoms with van der Waals surface area (Å²) < 4.78 is 1.85. The first-order chi connectivity index (χ1) is 8.63. The smallest absolute Gasteiger partial charge is 0.337 e. The van der Waals surface area contributed by atoms with Gasteiger partial charge in [-0.25, -0.2) is 14.5 Å². The third-order valence-electron chi connectivity index (χ3n) is 3.01. The molecule has 5 nitrogen and oxygen atoms in total. The van der Waals surface area contributed by atoms with E-state index < -0.39 is 5.97 Å². The van der Waals surface area contributed by atoms with Crippen LogP contribution in [0.15, 0.2) is 12.3 Å². The number of carboxylic acids is 1. The van der Waals surface area contributed by atoms with E-state index >= 15 is 0 Å². The van der Waals surface area contributed by atoms with Crippen molar-refractivity contribution in [3.8, 4) is 0 Å². The summed E-state index contributed by atoms with van der Waals surface area (Å²) >= 11 is 0. The molecule has 0 spiro atoms. The number of carboxylic acid groups (broad SMARTS) is 1. The minimum Gasteiger partial charge on any atom is -0.478 e. The summed E-state index contributed by atoms with van der Waals surface area (Å²) in [4.78, 5) is 15.4. The zero-order chi connectivity index (χ0) is 13.1. The van der Waals surface area contributed by atoms with Crippen LogP contribution in [0.2, 0.25) is 0 Å². The van der Waals surface area contributed by atoms with Crippen molar-refractivity contribution in [1.82, 2.24) is 14.8 Å². The van der Waals surface area contributed by atoms with E-state index in [1.54, 1.807) is 19.2 Å². The van der Waals surface area contributed by atoms with Crippen LogP contribution in [-0.4, -0.2) is 25.8 Å². The Morgan fingerprint density at radius 3 is 2.89 bits per heavy atom. The zero-order valence-corrected chi connectivity index (χ0v) is 10.7. The predicted octanol–water partition coefficient (Wildman–Crippen LogP) is 2.63. The molecule has 2 heterocycles. The Kier molecular flexibility index (Phi) is 3.60. The van der Waals surface area contributed by atoms with Gasteiger partial charge < -0.3 is 5.11 Å². The molecule has 0 radical (unpaired) electrons. The molecule has 0 saturated carbocycles. The lowest BCUT2D eigenvalue weighted by Crippen LogP contribution is -2.05. The second-order valence-corrected chi connectivity index (χ2v) is 4.41. The first-order valence-corrected chi connectivity index (χ1v) is 6.20. The normalized spacial score (nSPS) is 11.0. The molecule has 0 bridgehead atoms. The van der Waals surface area contributed by atoms with Gasteiger partial charge >= 0.3 is 5.97 Å². The molecule has 1 N–H and O–H groups in total. The lowest BCUT2D eigenvalue weighted by atomic mass is 10.2. The Morgan fingerprint density at radius 1 is 1.44 bits per heavy atom. The van der Waals surface area contributed by atoms with Crippen LogP contribution in [0.4, 0.5) is 0 Å². The van der Waals surface area contributed by atoms with E-state index in [1.807, 2.05) is 4.68 Å². The summed E-state index contributed by atoms with van der Waals surface area (Å²) in [5.74, 6) is -0.944. The van der Waals surface area contributed by atoms with Gasteiger partial charge in [0, 0.05) is 11.9 Å². The summed E-state index contributed by atoms with van der Waals surface area (Å²) in [7, 11) is 0. The highest BCUT2D eigenvalue weighted by Crippen LogP contribution is 2.17. The second kappa shape index (κ2) is 5.16. The van der Waals surface area contributed by atoms with Gasteiger partial charge in [0.15, 0.2) is 5.65 Å². The number of unbranched alkanes of at least 4 members (excludes halogenated alkanes) is 2. The van der Waals surface area contributed by atoms with Crippen molar-refractivity contribution < 1.29 is 9.90 Å². The molecule has 0 unspecified atom stereocenters. The van der Waals surface area contributed by atoms with E-state index in [0.717, 1.165) is 36.8 Å². The maximum atomic E-state index is 11.0. The van der Waals surface area contributed by atoms with Crippen LogP contribution < -0.4 is 0 Å². The first-order valence-electron chi connectivity index (χ1n) is 6.20. The van der Waals surface area contributed by atoms with E-state index in [1.165, 1.54) is 0 Å². The van der Waals surface area contributed by atoms with Gasteiger partial charge in [-0.15, -0.1) is 0 Å². The Labute approximate surface area is 105 Å². The van der Waals surface area contributed by atoms with Gasteiger partial charge in [-0.05, 0) is 19.4 Å². The van der Waals surface area contributed by atoms with Gasteiger partial charge in [-0.2, -0.15) is 5.10 Å². The van der Waals surface area contributed by atoms with Gasteiger partial charge in [0.2, 0.25) is 0 Å². The van der Waals surface area contributed by atoms with Crippen LogP contribution in [0.5, 0.6) is 0 Å². The zero-order valence-electron chi connectivity index (χ0n) is 10.7. The van der Waals surface area contributed by atoms with Crippen molar-refractivity contribution in [2.45, 2.75) is 39.7 Å². The van der Waals surface area contributed by atoms with Crippen LogP contribution >= 0.6 is 0 Å². The number of nitrogens with zero attached hydrogens (tertiary/aromatic N) is 3. The predicted molar refractivity (Wildman–Crippen MR) is 68.7 cm³/mol. The fraction of sp³-hybridized carbons (Fsp3) is 0.462. The molecule has 0 amide bonds. The van der Waals surface area contributed by atoms with Crippen molar-refractivity contribution >= 4 is 17.0 Å². The number of carbonyl (C=O) groups is 1. The fourth-order valence-corrected chi connectivity index (χ4v) is 1.99. The second-order valence-electron chi connectivity index (χ2n) is 4.41. The first kappa shape index (κ1) is 12.5. The largest absolute Gasteiger partial charge is 0.478 e. The van der Waals surface area contributed by atoms with Crippen molar-refractivity contribution in [1.29, 1.82) is 0 Å². The average molecular weight is 247 g/mol. The molecular formula is C13H17N3O2. The quantitative estimate of drug-likeness (QED) is 0.825. The van der Waals surface area contributed by atoms with E-state index in [9.17, 15) is 4.79 Å². The molecule has 18 heavy (non-hydrogen) atoms. The minimum absolute atomic E-state index is 0.246. The van der Waals surface area contributed by atoms with Crippen LogP contribution in [0, 0.1) is 6.92 Å². The van der Waals surface area contributed by atoms with Crippen molar-refractivity contribution in [3.63, 3.8) is 0 Å². The molecule has 0 aliphatic rings. The number of pyridine rings is 1. The van der Waals surface area contributed by atoms with Crippen molar-refractivity contribution in [2.75, 3.05) is 0 Å². The molecule has 0 aromatic carbocycles. The van der Waals surface area contributed by atoms with Gasteiger partial charge in [-0.3, -0.25) is 0 Å². The summed E-state index contributed by atoms with van der Waals surface area (Å²) in [6.45, 7) is 4.70. The number of aryl methyl sites for hydroxylation is 2. The minimum atomic E-state index is -0.944. The van der Waals surface area contributed by atoms with E-state index in [-0.39, 0.29) is 5.56 Å².